The van der Waals surface area contributed by atoms with Crippen molar-refractivity contribution < 1.29 is 9.53 Å². The third kappa shape index (κ3) is 4.54. The highest BCUT2D eigenvalue weighted by Crippen LogP contribution is 2.17. The third-order valence-electron chi connectivity index (χ3n) is 3.72. The molecule has 1 aliphatic carbocycles. The molecule has 2 aliphatic rings. The van der Waals surface area contributed by atoms with Gasteiger partial charge in [-0.15, -0.1) is 0 Å². The topological polar surface area (TPSA) is 50.4 Å². The average molecular weight is 240 g/mol. The Morgan fingerprint density at radius 2 is 1.88 bits per heavy atom. The summed E-state index contributed by atoms with van der Waals surface area (Å²) in [6, 6.07) is 0.397. The zero-order valence-electron chi connectivity index (χ0n) is 10.5. The first-order valence-corrected chi connectivity index (χ1v) is 7.00. The fourth-order valence-electron chi connectivity index (χ4n) is 2.69. The molecule has 4 heteroatoms. The predicted molar refractivity (Wildman–Crippen MR) is 67.0 cm³/mol. The fourth-order valence-corrected chi connectivity index (χ4v) is 2.69. The molecule has 0 bridgehead atoms. The van der Waals surface area contributed by atoms with Crippen LogP contribution in [0.2, 0.25) is 0 Å². The number of amides is 2. The SMILES string of the molecule is O=C(NCCC1CCCCO1)NC1CCCC1. The van der Waals surface area contributed by atoms with Crippen LogP contribution in [0.1, 0.15) is 51.4 Å². The van der Waals surface area contributed by atoms with E-state index in [-0.39, 0.29) is 6.03 Å². The van der Waals surface area contributed by atoms with E-state index >= 15 is 0 Å². The van der Waals surface area contributed by atoms with Crippen LogP contribution in [0.25, 0.3) is 0 Å². The summed E-state index contributed by atoms with van der Waals surface area (Å²) in [5, 5.41) is 5.95. The fraction of sp³-hybridized carbons (Fsp3) is 0.923. The van der Waals surface area contributed by atoms with E-state index in [1.165, 1.54) is 25.7 Å². The number of carbonyl (C=O) groups is 1. The van der Waals surface area contributed by atoms with Crippen molar-refractivity contribution in [1.29, 1.82) is 0 Å². The predicted octanol–water partition coefficient (Wildman–Crippen LogP) is 2.19. The van der Waals surface area contributed by atoms with Crippen LogP contribution < -0.4 is 10.6 Å². The monoisotopic (exact) mass is 240 g/mol. The molecule has 0 aromatic rings. The van der Waals surface area contributed by atoms with E-state index in [2.05, 4.69) is 10.6 Å². The molecule has 0 aromatic carbocycles. The second-order valence-electron chi connectivity index (χ2n) is 5.16. The van der Waals surface area contributed by atoms with Crippen LogP contribution in [-0.2, 0) is 4.74 Å². The van der Waals surface area contributed by atoms with Crippen LogP contribution in [0.5, 0.6) is 0 Å². The van der Waals surface area contributed by atoms with Gasteiger partial charge >= 0.3 is 6.03 Å². The molecule has 2 N–H and O–H groups in total. The highest BCUT2D eigenvalue weighted by molar-refractivity contribution is 5.74. The van der Waals surface area contributed by atoms with Crippen LogP contribution >= 0.6 is 0 Å². The van der Waals surface area contributed by atoms with Crippen molar-refractivity contribution in [2.24, 2.45) is 0 Å². The van der Waals surface area contributed by atoms with Crippen LogP contribution in [0, 0.1) is 0 Å². The number of nitrogens with one attached hydrogen (secondary N) is 2. The van der Waals surface area contributed by atoms with E-state index in [1.807, 2.05) is 0 Å². The van der Waals surface area contributed by atoms with Gasteiger partial charge in [0, 0.05) is 19.2 Å². The Kier molecular flexibility index (Phi) is 5.10. The van der Waals surface area contributed by atoms with Gasteiger partial charge in [0.15, 0.2) is 0 Å². The Hall–Kier alpha value is -0.770. The van der Waals surface area contributed by atoms with Gasteiger partial charge in [0.2, 0.25) is 0 Å². The molecule has 1 aliphatic heterocycles. The van der Waals surface area contributed by atoms with Crippen LogP contribution in [-0.4, -0.2) is 31.3 Å². The zero-order chi connectivity index (χ0) is 11.9. The smallest absolute Gasteiger partial charge is 0.315 e. The summed E-state index contributed by atoms with van der Waals surface area (Å²) in [4.78, 5) is 11.6. The van der Waals surface area contributed by atoms with Crippen molar-refractivity contribution in [3.8, 4) is 0 Å². The summed E-state index contributed by atoms with van der Waals surface area (Å²) in [6.45, 7) is 1.61. The molecule has 98 valence electrons. The van der Waals surface area contributed by atoms with Gasteiger partial charge in [-0.2, -0.15) is 0 Å². The summed E-state index contributed by atoms with van der Waals surface area (Å²) >= 11 is 0. The van der Waals surface area contributed by atoms with E-state index in [0.717, 1.165) is 38.8 Å². The van der Waals surface area contributed by atoms with Crippen molar-refractivity contribution in [2.75, 3.05) is 13.2 Å². The number of hydrogen-bond donors (Lipinski definition) is 2. The van der Waals surface area contributed by atoms with Gasteiger partial charge in [0.05, 0.1) is 6.10 Å². The number of hydrogen-bond acceptors (Lipinski definition) is 2. The highest BCUT2D eigenvalue weighted by Gasteiger charge is 2.17. The van der Waals surface area contributed by atoms with Gasteiger partial charge in [-0.3, -0.25) is 0 Å². The molecule has 1 saturated heterocycles. The molecular weight excluding hydrogens is 216 g/mol. The Bertz CT molecular complexity index is 234. The summed E-state index contributed by atoms with van der Waals surface area (Å²) < 4.78 is 5.62. The third-order valence-corrected chi connectivity index (χ3v) is 3.72. The molecule has 1 saturated carbocycles. The maximum Gasteiger partial charge on any atom is 0.315 e. The number of rotatable bonds is 4. The second-order valence-corrected chi connectivity index (χ2v) is 5.16. The highest BCUT2D eigenvalue weighted by atomic mass is 16.5. The molecule has 1 unspecified atom stereocenters. The summed E-state index contributed by atoms with van der Waals surface area (Å²) in [6.07, 6.45) is 9.67. The lowest BCUT2D eigenvalue weighted by Crippen LogP contribution is -2.42. The molecule has 1 atom stereocenters. The molecule has 2 fully saturated rings. The number of carbonyl (C=O) groups excluding carboxylic acids is 1. The van der Waals surface area contributed by atoms with E-state index in [0.29, 0.717) is 12.1 Å². The molecule has 17 heavy (non-hydrogen) atoms. The lowest BCUT2D eigenvalue weighted by atomic mass is 10.1. The van der Waals surface area contributed by atoms with E-state index < -0.39 is 0 Å². The quantitative estimate of drug-likeness (QED) is 0.791. The summed E-state index contributed by atoms with van der Waals surface area (Å²) in [7, 11) is 0. The molecule has 4 nitrogen and oxygen atoms in total. The first-order valence-electron chi connectivity index (χ1n) is 7.00. The van der Waals surface area contributed by atoms with E-state index in [1.54, 1.807) is 0 Å². The first kappa shape index (κ1) is 12.7. The first-order chi connectivity index (χ1) is 8.34. The van der Waals surface area contributed by atoms with Crippen molar-refractivity contribution in [3.63, 3.8) is 0 Å². The summed E-state index contributed by atoms with van der Waals surface area (Å²) in [5.74, 6) is 0. The molecule has 1 heterocycles. The van der Waals surface area contributed by atoms with Gasteiger partial charge in [-0.1, -0.05) is 12.8 Å². The summed E-state index contributed by atoms with van der Waals surface area (Å²) in [5.41, 5.74) is 0. The molecule has 0 spiro atoms. The van der Waals surface area contributed by atoms with Crippen LogP contribution in [0.3, 0.4) is 0 Å². The minimum Gasteiger partial charge on any atom is -0.378 e. The lowest BCUT2D eigenvalue weighted by Gasteiger charge is -2.22. The second kappa shape index (κ2) is 6.84. The minimum atomic E-state index is -0.00675. The Morgan fingerprint density at radius 1 is 1.12 bits per heavy atom. The minimum absolute atomic E-state index is 0.00675. The molecule has 2 amide bonds. The van der Waals surface area contributed by atoms with E-state index in [9.17, 15) is 4.79 Å². The molecule has 0 aromatic heterocycles. The van der Waals surface area contributed by atoms with Crippen molar-refractivity contribution >= 4 is 6.03 Å². The van der Waals surface area contributed by atoms with Gasteiger partial charge < -0.3 is 15.4 Å². The van der Waals surface area contributed by atoms with Gasteiger partial charge in [0.25, 0.3) is 0 Å². The molecule has 0 radical (unpaired) electrons. The Morgan fingerprint density at radius 3 is 2.59 bits per heavy atom. The Labute approximate surface area is 103 Å². The standard InChI is InChI=1S/C13H24N2O2/c16-13(15-11-5-1-2-6-11)14-9-8-12-7-3-4-10-17-12/h11-12H,1-10H2,(H2,14,15,16). The van der Waals surface area contributed by atoms with Crippen molar-refractivity contribution in [2.45, 2.75) is 63.5 Å². The van der Waals surface area contributed by atoms with E-state index in [4.69, 9.17) is 4.74 Å². The van der Waals surface area contributed by atoms with Gasteiger partial charge in [-0.05, 0) is 38.5 Å². The zero-order valence-corrected chi connectivity index (χ0v) is 10.5. The van der Waals surface area contributed by atoms with Gasteiger partial charge in [0.1, 0.15) is 0 Å². The molecule has 2 rings (SSSR count). The maximum atomic E-state index is 11.6. The van der Waals surface area contributed by atoms with Crippen LogP contribution in [0.15, 0.2) is 0 Å². The number of urea groups is 1. The Balaban J connectivity index is 1.53. The van der Waals surface area contributed by atoms with Crippen molar-refractivity contribution in [3.05, 3.63) is 0 Å². The lowest BCUT2D eigenvalue weighted by molar-refractivity contribution is 0.0120. The normalized spacial score (nSPS) is 25.8. The van der Waals surface area contributed by atoms with Crippen LogP contribution in [0.4, 0.5) is 4.79 Å². The largest absolute Gasteiger partial charge is 0.378 e. The number of ether oxygens (including phenoxy) is 1. The molecular formula is C13H24N2O2. The maximum absolute atomic E-state index is 11.6. The van der Waals surface area contributed by atoms with Gasteiger partial charge in [-0.25, -0.2) is 4.79 Å². The van der Waals surface area contributed by atoms with Crippen molar-refractivity contribution in [1.82, 2.24) is 10.6 Å². The average Bonchev–Trinajstić information content (AvgIpc) is 2.83.